The lowest BCUT2D eigenvalue weighted by molar-refractivity contribution is -0.137. The quantitative estimate of drug-likeness (QED) is 0.808. The summed E-state index contributed by atoms with van der Waals surface area (Å²) in [5.41, 5.74) is 0.0977. The van der Waals surface area contributed by atoms with E-state index in [1.807, 2.05) is 0 Å². The molecule has 1 radical (unpaired) electrons. The molecule has 0 amide bonds. The van der Waals surface area contributed by atoms with E-state index in [1.54, 1.807) is 0 Å². The van der Waals surface area contributed by atoms with E-state index in [-0.39, 0.29) is 18.1 Å². The zero-order valence-electron chi connectivity index (χ0n) is 12.0. The third kappa shape index (κ3) is 3.11. The molecule has 0 unspecified atom stereocenters. The van der Waals surface area contributed by atoms with E-state index in [1.165, 1.54) is 6.33 Å². The predicted octanol–water partition coefficient (Wildman–Crippen LogP) is 2.70. The van der Waals surface area contributed by atoms with Gasteiger partial charge in [-0.25, -0.2) is 18.4 Å². The number of sulfonamides is 1. The largest absolute Gasteiger partial charge is 0.416 e. The maximum absolute atomic E-state index is 12.9. The molecule has 0 aliphatic carbocycles. The van der Waals surface area contributed by atoms with Gasteiger partial charge in [-0.15, -0.1) is 0 Å². The lowest BCUT2D eigenvalue weighted by Crippen LogP contribution is -2.36. The fraction of sp³-hybridized carbons (Fsp3) is 0.286. The first-order chi connectivity index (χ1) is 11.2. The molecular weight excluding hydrogens is 367 g/mol. The van der Waals surface area contributed by atoms with Gasteiger partial charge in [0.05, 0.1) is 29.0 Å². The van der Waals surface area contributed by atoms with Gasteiger partial charge in [0.25, 0.3) is 0 Å². The Hall–Kier alpha value is -1.71. The summed E-state index contributed by atoms with van der Waals surface area (Å²) in [6.07, 6.45) is -0.361. The standard InChI is InChI=1S/C14H10ClF3N3O2S/c15-11-2-1-10(14(16,17)18)5-13(11)24(22,23)21-4-3-9-6-19-8-20-12(9)7-21/h1-2,5,8H,3-4,7H2. The number of fused-ring (bicyclic) bond motifs is 1. The van der Waals surface area contributed by atoms with Gasteiger partial charge in [-0.1, -0.05) is 11.6 Å². The Morgan fingerprint density at radius 3 is 2.75 bits per heavy atom. The molecule has 1 aliphatic rings. The van der Waals surface area contributed by atoms with Crippen molar-refractivity contribution < 1.29 is 21.6 Å². The predicted molar refractivity (Wildman–Crippen MR) is 78.6 cm³/mol. The van der Waals surface area contributed by atoms with Gasteiger partial charge < -0.3 is 0 Å². The number of alkyl halides is 3. The monoisotopic (exact) mass is 376 g/mol. The summed E-state index contributed by atoms with van der Waals surface area (Å²) in [6.45, 7) is 0.0229. The van der Waals surface area contributed by atoms with Crippen LogP contribution in [0.25, 0.3) is 0 Å². The van der Waals surface area contributed by atoms with Crippen LogP contribution in [0.1, 0.15) is 16.8 Å². The number of hydrogen-bond donors (Lipinski definition) is 0. The van der Waals surface area contributed by atoms with E-state index in [0.717, 1.165) is 16.4 Å². The normalized spacial score (nSPS) is 16.0. The molecule has 24 heavy (non-hydrogen) atoms. The average molecular weight is 377 g/mol. The van der Waals surface area contributed by atoms with E-state index in [0.29, 0.717) is 23.7 Å². The molecular formula is C14H10ClF3N3O2S. The molecule has 127 valence electrons. The number of nitrogens with zero attached hydrogens (tertiary/aromatic N) is 3. The zero-order chi connectivity index (χ0) is 17.5. The second kappa shape index (κ2) is 5.98. The van der Waals surface area contributed by atoms with E-state index >= 15 is 0 Å². The van der Waals surface area contributed by atoms with Crippen LogP contribution in [0.5, 0.6) is 0 Å². The van der Waals surface area contributed by atoms with E-state index < -0.39 is 26.7 Å². The maximum Gasteiger partial charge on any atom is 0.416 e. The molecule has 1 aromatic carbocycles. The molecule has 0 saturated heterocycles. The molecule has 10 heteroatoms. The molecule has 0 spiro atoms. The second-order valence-electron chi connectivity index (χ2n) is 5.14. The van der Waals surface area contributed by atoms with Crippen LogP contribution in [-0.2, 0) is 29.2 Å². The molecule has 0 fully saturated rings. The summed E-state index contributed by atoms with van der Waals surface area (Å²) in [4.78, 5) is 7.17. The van der Waals surface area contributed by atoms with Crippen LogP contribution < -0.4 is 0 Å². The Bertz CT molecular complexity index is 887. The first-order valence-corrected chi connectivity index (χ1v) is 8.59. The van der Waals surface area contributed by atoms with E-state index in [2.05, 4.69) is 16.2 Å². The van der Waals surface area contributed by atoms with Crippen molar-refractivity contribution in [1.29, 1.82) is 0 Å². The molecule has 0 atom stereocenters. The van der Waals surface area contributed by atoms with Crippen LogP contribution in [0.2, 0.25) is 5.02 Å². The van der Waals surface area contributed by atoms with Crippen LogP contribution in [0.3, 0.4) is 0 Å². The summed E-state index contributed by atoms with van der Waals surface area (Å²) in [5.74, 6) is 0. The molecule has 1 aromatic heterocycles. The summed E-state index contributed by atoms with van der Waals surface area (Å²) < 4.78 is 65.1. The minimum Gasteiger partial charge on any atom is -0.240 e. The Kier molecular flexibility index (Phi) is 4.27. The fourth-order valence-corrected chi connectivity index (χ4v) is 4.29. The van der Waals surface area contributed by atoms with Crippen LogP contribution >= 0.6 is 11.6 Å². The topological polar surface area (TPSA) is 63.2 Å². The maximum atomic E-state index is 12.9. The van der Waals surface area contributed by atoms with Crippen molar-refractivity contribution in [1.82, 2.24) is 14.3 Å². The lowest BCUT2D eigenvalue weighted by atomic mass is 10.1. The molecule has 2 aromatic rings. The van der Waals surface area contributed by atoms with Gasteiger partial charge in [0, 0.05) is 12.1 Å². The van der Waals surface area contributed by atoms with Crippen molar-refractivity contribution in [3.8, 4) is 0 Å². The van der Waals surface area contributed by atoms with Crippen LogP contribution in [0.4, 0.5) is 13.2 Å². The smallest absolute Gasteiger partial charge is 0.240 e. The number of hydrogen-bond acceptors (Lipinski definition) is 4. The van der Waals surface area contributed by atoms with Gasteiger partial charge in [0.1, 0.15) is 11.2 Å². The van der Waals surface area contributed by atoms with Gasteiger partial charge in [0.2, 0.25) is 10.0 Å². The number of rotatable bonds is 2. The highest BCUT2D eigenvalue weighted by Gasteiger charge is 2.35. The second-order valence-corrected chi connectivity index (χ2v) is 7.46. The van der Waals surface area contributed by atoms with Crippen molar-refractivity contribution in [3.05, 3.63) is 52.6 Å². The minimum absolute atomic E-state index is 0.0662. The van der Waals surface area contributed by atoms with Gasteiger partial charge >= 0.3 is 6.18 Å². The molecule has 1 aliphatic heterocycles. The van der Waals surface area contributed by atoms with Crippen LogP contribution in [0.15, 0.2) is 29.4 Å². The fourth-order valence-electron chi connectivity index (χ4n) is 2.39. The van der Waals surface area contributed by atoms with E-state index in [9.17, 15) is 21.6 Å². The highest BCUT2D eigenvalue weighted by Crippen LogP contribution is 2.35. The minimum atomic E-state index is -4.66. The molecule has 0 saturated carbocycles. The SMILES string of the molecule is O=S(=O)(c1cc(C(F)(F)F)ccc1Cl)N1CCc2[c]ncnc2C1. The Balaban J connectivity index is 2.00. The molecule has 0 bridgehead atoms. The molecule has 2 heterocycles. The molecule has 3 rings (SSSR count). The summed E-state index contributed by atoms with van der Waals surface area (Å²) in [5, 5.41) is -0.261. The highest BCUT2D eigenvalue weighted by atomic mass is 35.5. The number of halogens is 4. The first kappa shape index (κ1) is 17.1. The van der Waals surface area contributed by atoms with Gasteiger partial charge in [0.15, 0.2) is 0 Å². The van der Waals surface area contributed by atoms with Gasteiger partial charge in [-0.3, -0.25) is 0 Å². The Morgan fingerprint density at radius 1 is 1.29 bits per heavy atom. The summed E-state index contributed by atoms with van der Waals surface area (Å²) >= 11 is 5.85. The number of benzene rings is 1. The van der Waals surface area contributed by atoms with E-state index in [4.69, 9.17) is 11.6 Å². The Morgan fingerprint density at radius 2 is 2.04 bits per heavy atom. The third-order valence-electron chi connectivity index (χ3n) is 3.63. The first-order valence-electron chi connectivity index (χ1n) is 6.77. The van der Waals surface area contributed by atoms with Gasteiger partial charge in [-0.05, 0) is 24.6 Å². The highest BCUT2D eigenvalue weighted by molar-refractivity contribution is 7.89. The summed E-state index contributed by atoms with van der Waals surface area (Å²) in [6, 6.07) is 2.24. The van der Waals surface area contributed by atoms with Crippen molar-refractivity contribution in [2.45, 2.75) is 24.0 Å². The van der Waals surface area contributed by atoms with Crippen LogP contribution in [-0.4, -0.2) is 29.2 Å². The molecule has 5 nitrogen and oxygen atoms in total. The van der Waals surface area contributed by atoms with Crippen molar-refractivity contribution in [3.63, 3.8) is 0 Å². The third-order valence-corrected chi connectivity index (χ3v) is 5.96. The molecule has 0 N–H and O–H groups in total. The van der Waals surface area contributed by atoms with Crippen molar-refractivity contribution >= 4 is 21.6 Å². The summed E-state index contributed by atoms with van der Waals surface area (Å²) in [7, 11) is -4.19. The van der Waals surface area contributed by atoms with Crippen molar-refractivity contribution in [2.75, 3.05) is 6.54 Å². The average Bonchev–Trinajstić information content (AvgIpc) is 2.53. The lowest BCUT2D eigenvalue weighted by Gasteiger charge is -2.27. The zero-order valence-corrected chi connectivity index (χ0v) is 13.6. The number of aromatic nitrogens is 2. The Labute approximate surface area is 141 Å². The van der Waals surface area contributed by atoms with Gasteiger partial charge in [-0.2, -0.15) is 17.5 Å². The van der Waals surface area contributed by atoms with Crippen LogP contribution in [0, 0.1) is 6.20 Å². The van der Waals surface area contributed by atoms with Crippen molar-refractivity contribution in [2.24, 2.45) is 0 Å².